The molecule has 1 heterocycles. The van der Waals surface area contributed by atoms with E-state index in [1.54, 1.807) is 17.6 Å². The maximum atomic E-state index is 11.4. The average molecular weight is 225 g/mol. The van der Waals surface area contributed by atoms with Crippen molar-refractivity contribution in [3.8, 4) is 0 Å². The Bertz CT molecular complexity index is 330. The molecule has 1 aromatic rings. The fraction of sp³-hybridized carbons (Fsp3) is 0.455. The van der Waals surface area contributed by atoms with Crippen LogP contribution in [0.3, 0.4) is 0 Å². The van der Waals surface area contributed by atoms with Crippen molar-refractivity contribution in [3.63, 3.8) is 0 Å². The minimum atomic E-state index is -0.405. The Hall–Kier alpha value is -1.16. The molecule has 3 nitrogen and oxygen atoms in total. The quantitative estimate of drug-likeness (QED) is 0.583. The molecule has 0 unspecified atom stereocenters. The lowest BCUT2D eigenvalue weighted by Crippen LogP contribution is -2.25. The van der Waals surface area contributed by atoms with Crippen LogP contribution in [-0.2, 0) is 9.53 Å². The van der Waals surface area contributed by atoms with Crippen molar-refractivity contribution in [2.75, 3.05) is 7.11 Å². The second kappa shape index (κ2) is 5.66. The van der Waals surface area contributed by atoms with Gasteiger partial charge in [0.05, 0.1) is 7.11 Å². The largest absolute Gasteiger partial charge is 0.467 e. The molecular weight excluding hydrogens is 210 g/mol. The van der Waals surface area contributed by atoms with Gasteiger partial charge < -0.3 is 4.74 Å². The molecule has 0 aliphatic rings. The van der Waals surface area contributed by atoms with E-state index in [4.69, 9.17) is 4.74 Å². The van der Waals surface area contributed by atoms with Gasteiger partial charge in [0, 0.05) is 11.1 Å². The van der Waals surface area contributed by atoms with E-state index < -0.39 is 6.04 Å². The summed E-state index contributed by atoms with van der Waals surface area (Å²) in [4.78, 5) is 16.7. The molecule has 0 saturated heterocycles. The van der Waals surface area contributed by atoms with Gasteiger partial charge in [-0.1, -0.05) is 19.9 Å². The number of nitrogens with zero attached hydrogens (tertiary/aromatic N) is 1. The van der Waals surface area contributed by atoms with Crippen LogP contribution in [0.1, 0.15) is 18.7 Å². The van der Waals surface area contributed by atoms with Crippen molar-refractivity contribution >= 4 is 23.5 Å². The molecule has 4 heteroatoms. The summed E-state index contributed by atoms with van der Waals surface area (Å²) >= 11 is 1.59. The number of rotatable bonds is 4. The van der Waals surface area contributed by atoms with Gasteiger partial charge in [0.15, 0.2) is 0 Å². The molecule has 0 N–H and O–H groups in total. The van der Waals surface area contributed by atoms with E-state index >= 15 is 0 Å². The lowest BCUT2D eigenvalue weighted by Gasteiger charge is -2.12. The van der Waals surface area contributed by atoms with Crippen molar-refractivity contribution in [1.29, 1.82) is 0 Å². The third-order valence-electron chi connectivity index (χ3n) is 1.98. The third kappa shape index (κ3) is 3.47. The summed E-state index contributed by atoms with van der Waals surface area (Å²) in [6.07, 6.45) is 1.73. The van der Waals surface area contributed by atoms with Gasteiger partial charge >= 0.3 is 5.97 Å². The summed E-state index contributed by atoms with van der Waals surface area (Å²) in [6.45, 7) is 3.90. The highest BCUT2D eigenvalue weighted by Crippen LogP contribution is 2.10. The van der Waals surface area contributed by atoms with Gasteiger partial charge in [-0.15, -0.1) is 11.3 Å². The first-order valence-corrected chi connectivity index (χ1v) is 5.67. The Kier molecular flexibility index (Phi) is 4.49. The number of esters is 1. The van der Waals surface area contributed by atoms with Crippen LogP contribution in [0.5, 0.6) is 0 Å². The van der Waals surface area contributed by atoms with Gasteiger partial charge in [-0.2, -0.15) is 0 Å². The zero-order chi connectivity index (χ0) is 11.3. The number of aliphatic imine (C=N–C) groups is 1. The van der Waals surface area contributed by atoms with Gasteiger partial charge in [-0.3, -0.25) is 4.99 Å². The minimum absolute atomic E-state index is 0.147. The van der Waals surface area contributed by atoms with E-state index in [-0.39, 0.29) is 11.9 Å². The van der Waals surface area contributed by atoms with Crippen LogP contribution < -0.4 is 0 Å². The summed E-state index contributed by atoms with van der Waals surface area (Å²) in [5.41, 5.74) is 0. The fourth-order valence-electron chi connectivity index (χ4n) is 1.14. The maximum Gasteiger partial charge on any atom is 0.330 e. The van der Waals surface area contributed by atoms with Crippen LogP contribution in [0.2, 0.25) is 0 Å². The molecule has 1 rings (SSSR count). The Morgan fingerprint density at radius 3 is 2.80 bits per heavy atom. The van der Waals surface area contributed by atoms with Crippen LogP contribution in [0.4, 0.5) is 0 Å². The van der Waals surface area contributed by atoms with Crippen LogP contribution in [0.15, 0.2) is 22.5 Å². The molecule has 82 valence electrons. The van der Waals surface area contributed by atoms with E-state index in [1.807, 2.05) is 31.4 Å². The van der Waals surface area contributed by atoms with Gasteiger partial charge in [0.2, 0.25) is 0 Å². The summed E-state index contributed by atoms with van der Waals surface area (Å²) in [7, 11) is 1.39. The topological polar surface area (TPSA) is 38.7 Å². The number of ether oxygens (including phenoxy) is 1. The molecule has 1 aromatic heterocycles. The van der Waals surface area contributed by atoms with E-state index in [0.717, 1.165) is 4.88 Å². The Balaban J connectivity index is 2.71. The number of carbonyl (C=O) groups excluding carboxylic acids is 1. The van der Waals surface area contributed by atoms with Gasteiger partial charge in [-0.25, -0.2) is 4.79 Å². The summed E-state index contributed by atoms with van der Waals surface area (Å²) in [5, 5.41) is 1.98. The number of hydrogen-bond acceptors (Lipinski definition) is 4. The molecule has 1 atom stereocenters. The highest BCUT2D eigenvalue weighted by atomic mass is 32.1. The number of carbonyl (C=O) groups is 1. The van der Waals surface area contributed by atoms with Crippen molar-refractivity contribution < 1.29 is 9.53 Å². The van der Waals surface area contributed by atoms with Gasteiger partial charge in [0.1, 0.15) is 6.04 Å². The molecule has 0 saturated carbocycles. The average Bonchev–Trinajstić information content (AvgIpc) is 2.70. The molecule has 0 radical (unpaired) electrons. The van der Waals surface area contributed by atoms with Gasteiger partial charge in [-0.05, 0) is 17.4 Å². The number of hydrogen-bond donors (Lipinski definition) is 0. The number of methoxy groups -OCH3 is 1. The lowest BCUT2D eigenvalue weighted by atomic mass is 10.1. The SMILES string of the molecule is COC(=O)[C@@H](N=Cc1cccs1)C(C)C. The van der Waals surface area contributed by atoms with Crippen molar-refractivity contribution in [3.05, 3.63) is 22.4 Å². The van der Waals surface area contributed by atoms with E-state index in [2.05, 4.69) is 4.99 Å². The van der Waals surface area contributed by atoms with Gasteiger partial charge in [0.25, 0.3) is 0 Å². The van der Waals surface area contributed by atoms with Crippen LogP contribution >= 0.6 is 11.3 Å². The molecule has 15 heavy (non-hydrogen) atoms. The normalized spacial score (nSPS) is 13.3. The van der Waals surface area contributed by atoms with Crippen molar-refractivity contribution in [2.24, 2.45) is 10.9 Å². The van der Waals surface area contributed by atoms with Crippen molar-refractivity contribution in [2.45, 2.75) is 19.9 Å². The Morgan fingerprint density at radius 2 is 2.33 bits per heavy atom. The zero-order valence-corrected chi connectivity index (χ0v) is 9.95. The van der Waals surface area contributed by atoms with E-state index in [9.17, 15) is 4.79 Å². The first kappa shape index (κ1) is 11.9. The lowest BCUT2D eigenvalue weighted by molar-refractivity contribution is -0.143. The first-order valence-electron chi connectivity index (χ1n) is 4.79. The smallest absolute Gasteiger partial charge is 0.330 e. The molecule has 0 aliphatic heterocycles. The second-order valence-corrected chi connectivity index (χ2v) is 4.48. The minimum Gasteiger partial charge on any atom is -0.467 e. The predicted octanol–water partition coefficient (Wildman–Crippen LogP) is 2.36. The fourth-order valence-corrected chi connectivity index (χ4v) is 1.74. The molecule has 0 amide bonds. The number of thiophene rings is 1. The third-order valence-corrected chi connectivity index (χ3v) is 2.79. The standard InChI is InChI=1S/C11H15NO2S/c1-8(2)10(11(13)14-3)12-7-9-5-4-6-15-9/h4-8,10H,1-3H3/t10-/m0/s1. The van der Waals surface area contributed by atoms with Crippen LogP contribution in [0, 0.1) is 5.92 Å². The van der Waals surface area contributed by atoms with Crippen LogP contribution in [-0.4, -0.2) is 25.3 Å². The summed E-state index contributed by atoms with van der Waals surface area (Å²) < 4.78 is 4.69. The van der Waals surface area contributed by atoms with Crippen molar-refractivity contribution in [1.82, 2.24) is 0 Å². The highest BCUT2D eigenvalue weighted by molar-refractivity contribution is 7.11. The molecule has 0 aliphatic carbocycles. The first-order chi connectivity index (χ1) is 7.15. The molecule has 0 aromatic carbocycles. The molecule has 0 fully saturated rings. The predicted molar refractivity (Wildman–Crippen MR) is 62.6 cm³/mol. The monoisotopic (exact) mass is 225 g/mol. The highest BCUT2D eigenvalue weighted by Gasteiger charge is 2.20. The zero-order valence-electron chi connectivity index (χ0n) is 9.14. The maximum absolute atomic E-state index is 11.4. The second-order valence-electron chi connectivity index (χ2n) is 3.51. The molecule has 0 bridgehead atoms. The Labute approximate surface area is 93.8 Å². The molecule has 0 spiro atoms. The van der Waals surface area contributed by atoms with Crippen LogP contribution in [0.25, 0.3) is 0 Å². The summed E-state index contributed by atoms with van der Waals surface area (Å²) in [5.74, 6) is -0.133. The molecular formula is C11H15NO2S. The summed E-state index contributed by atoms with van der Waals surface area (Å²) in [6, 6.07) is 3.51. The van der Waals surface area contributed by atoms with E-state index in [0.29, 0.717) is 0 Å². The van der Waals surface area contributed by atoms with E-state index in [1.165, 1.54) is 7.11 Å². The Morgan fingerprint density at radius 1 is 1.60 bits per heavy atom.